The van der Waals surface area contributed by atoms with Gasteiger partial charge in [-0.15, -0.1) is 23.2 Å². The van der Waals surface area contributed by atoms with E-state index in [1.165, 1.54) is 38.4 Å². The number of anilines is 1. The van der Waals surface area contributed by atoms with E-state index in [0.717, 1.165) is 4.31 Å². The van der Waals surface area contributed by atoms with Crippen LogP contribution in [0.3, 0.4) is 0 Å². The average Bonchev–Trinajstić information content (AvgIpc) is 3.04. The Morgan fingerprint density at radius 1 is 1.32 bits per heavy atom. The van der Waals surface area contributed by atoms with Gasteiger partial charge in [-0.25, -0.2) is 12.7 Å². The van der Waals surface area contributed by atoms with Crippen LogP contribution in [-0.2, 0) is 24.3 Å². The van der Waals surface area contributed by atoms with Crippen LogP contribution in [0.4, 0.5) is 5.69 Å². The highest BCUT2D eigenvalue weighted by Gasteiger charge is 2.69. The molecule has 0 spiro atoms. The van der Waals surface area contributed by atoms with Crippen LogP contribution in [-0.4, -0.2) is 49.6 Å². The minimum absolute atomic E-state index is 0.0341. The van der Waals surface area contributed by atoms with Crippen molar-refractivity contribution < 1.29 is 22.7 Å². The molecule has 138 valence electrons. The number of hydrogen-bond acceptors (Lipinski definition) is 5. The first kappa shape index (κ1) is 20.0. The number of nitrogens with one attached hydrogen (secondary N) is 1. The van der Waals surface area contributed by atoms with Crippen LogP contribution in [0.1, 0.15) is 13.3 Å². The lowest BCUT2D eigenvalue weighted by Gasteiger charge is -2.13. The van der Waals surface area contributed by atoms with Gasteiger partial charge in [0.25, 0.3) is 5.91 Å². The number of rotatable bonds is 6. The van der Waals surface area contributed by atoms with Gasteiger partial charge in [-0.1, -0.05) is 6.07 Å². The van der Waals surface area contributed by atoms with Gasteiger partial charge >= 0.3 is 5.97 Å². The largest absolute Gasteiger partial charge is 0.455 e. The van der Waals surface area contributed by atoms with Crippen molar-refractivity contribution in [1.82, 2.24) is 4.31 Å². The van der Waals surface area contributed by atoms with Crippen LogP contribution in [0.5, 0.6) is 0 Å². The molecule has 1 aromatic rings. The SMILES string of the molecule is CN(C)S(=O)(=O)c1cccc(NC(=O)COC(=O)[C@]2(C)CC2(Cl)Cl)c1. The number of nitrogens with zero attached hydrogens (tertiary/aromatic N) is 1. The van der Waals surface area contributed by atoms with Crippen molar-refractivity contribution in [1.29, 1.82) is 0 Å². The van der Waals surface area contributed by atoms with Gasteiger partial charge in [0.2, 0.25) is 10.0 Å². The van der Waals surface area contributed by atoms with Crippen molar-refractivity contribution >= 4 is 50.8 Å². The minimum Gasteiger partial charge on any atom is -0.455 e. The Labute approximate surface area is 156 Å². The second-order valence-corrected chi connectivity index (χ2v) is 9.79. The first-order valence-electron chi connectivity index (χ1n) is 7.28. The average molecular weight is 409 g/mol. The third kappa shape index (κ3) is 4.08. The summed E-state index contributed by atoms with van der Waals surface area (Å²) in [5, 5.41) is 2.48. The molecular weight excluding hydrogens is 391 g/mol. The summed E-state index contributed by atoms with van der Waals surface area (Å²) in [6, 6.07) is 5.76. The molecule has 1 aliphatic rings. The number of esters is 1. The topological polar surface area (TPSA) is 92.8 Å². The zero-order valence-electron chi connectivity index (χ0n) is 13.9. The maximum absolute atomic E-state index is 12.1. The van der Waals surface area contributed by atoms with Crippen LogP contribution in [0.25, 0.3) is 0 Å². The molecule has 1 atom stereocenters. The van der Waals surface area contributed by atoms with Crippen molar-refractivity contribution in [3.05, 3.63) is 24.3 Å². The zero-order valence-corrected chi connectivity index (χ0v) is 16.2. The molecule has 1 aromatic carbocycles. The van der Waals surface area contributed by atoms with E-state index in [0.29, 0.717) is 0 Å². The second kappa shape index (κ2) is 6.75. The molecule has 2 rings (SSSR count). The Bertz CT molecular complexity index is 810. The first-order valence-corrected chi connectivity index (χ1v) is 9.47. The Morgan fingerprint density at radius 2 is 1.92 bits per heavy atom. The predicted molar refractivity (Wildman–Crippen MR) is 94.1 cm³/mol. The van der Waals surface area contributed by atoms with E-state index in [-0.39, 0.29) is 17.0 Å². The van der Waals surface area contributed by atoms with E-state index in [1.807, 2.05) is 0 Å². The molecule has 10 heteroatoms. The molecule has 7 nitrogen and oxygen atoms in total. The third-order valence-corrected chi connectivity index (χ3v) is 6.85. The number of sulfonamides is 1. The molecule has 0 radical (unpaired) electrons. The highest BCUT2D eigenvalue weighted by molar-refractivity contribution is 7.89. The summed E-state index contributed by atoms with van der Waals surface area (Å²) >= 11 is 11.8. The van der Waals surface area contributed by atoms with Gasteiger partial charge < -0.3 is 10.1 Å². The van der Waals surface area contributed by atoms with Crippen molar-refractivity contribution in [3.8, 4) is 0 Å². The van der Waals surface area contributed by atoms with Crippen molar-refractivity contribution in [2.24, 2.45) is 5.41 Å². The number of amides is 1. The summed E-state index contributed by atoms with van der Waals surface area (Å²) in [5.41, 5.74) is -0.749. The minimum atomic E-state index is -3.62. The number of ether oxygens (including phenoxy) is 1. The number of benzene rings is 1. The Kier molecular flexibility index (Phi) is 5.39. The van der Waals surface area contributed by atoms with Gasteiger partial charge in [0.1, 0.15) is 9.75 Å². The lowest BCUT2D eigenvalue weighted by atomic mass is 10.1. The lowest BCUT2D eigenvalue weighted by molar-refractivity contribution is -0.152. The van der Waals surface area contributed by atoms with Crippen LogP contribution in [0, 0.1) is 5.41 Å². The smallest absolute Gasteiger partial charge is 0.315 e. The molecule has 1 fully saturated rings. The molecule has 0 heterocycles. The second-order valence-electron chi connectivity index (χ2n) is 6.15. The molecule has 0 unspecified atom stereocenters. The van der Waals surface area contributed by atoms with Crippen LogP contribution in [0.15, 0.2) is 29.2 Å². The van der Waals surface area contributed by atoms with Crippen molar-refractivity contribution in [2.75, 3.05) is 26.0 Å². The standard InChI is InChI=1S/C15H18Cl2N2O5S/c1-14(9-15(14,16)17)13(21)24-8-12(20)18-10-5-4-6-11(7-10)25(22,23)19(2)3/h4-7H,8-9H2,1-3H3,(H,18,20)/t14-/m0/s1. The van der Waals surface area contributed by atoms with E-state index < -0.39 is 38.3 Å². The van der Waals surface area contributed by atoms with E-state index in [4.69, 9.17) is 27.9 Å². The van der Waals surface area contributed by atoms with Gasteiger partial charge in [-0.3, -0.25) is 9.59 Å². The molecule has 1 aliphatic carbocycles. The molecule has 1 saturated carbocycles. The fourth-order valence-corrected chi connectivity index (χ4v) is 3.69. The Hall–Kier alpha value is -1.35. The molecule has 1 amide bonds. The molecule has 0 bridgehead atoms. The van der Waals surface area contributed by atoms with E-state index in [9.17, 15) is 18.0 Å². The molecule has 0 aromatic heterocycles. The van der Waals surface area contributed by atoms with Crippen LogP contribution >= 0.6 is 23.2 Å². The fourth-order valence-electron chi connectivity index (χ4n) is 2.05. The summed E-state index contributed by atoms with van der Waals surface area (Å²) < 4.78 is 29.0. The van der Waals surface area contributed by atoms with E-state index >= 15 is 0 Å². The highest BCUT2D eigenvalue weighted by Crippen LogP contribution is 2.64. The molecule has 0 aliphatic heterocycles. The molecule has 1 N–H and O–H groups in total. The van der Waals surface area contributed by atoms with E-state index in [1.54, 1.807) is 6.92 Å². The first-order chi connectivity index (χ1) is 11.4. The van der Waals surface area contributed by atoms with E-state index in [2.05, 4.69) is 5.32 Å². The molecule has 0 saturated heterocycles. The molecular formula is C15H18Cl2N2O5S. The zero-order chi connectivity index (χ0) is 19.0. The summed E-state index contributed by atoms with van der Waals surface area (Å²) in [4.78, 5) is 23.8. The van der Waals surface area contributed by atoms with Crippen LogP contribution in [0.2, 0.25) is 0 Å². The summed E-state index contributed by atoms with van der Waals surface area (Å²) in [6.07, 6.45) is 0.258. The fraction of sp³-hybridized carbons (Fsp3) is 0.467. The maximum atomic E-state index is 12.1. The number of alkyl halides is 2. The Balaban J connectivity index is 1.97. The van der Waals surface area contributed by atoms with Crippen LogP contribution < -0.4 is 5.32 Å². The van der Waals surface area contributed by atoms with Gasteiger partial charge in [0.05, 0.1) is 4.90 Å². The third-order valence-electron chi connectivity index (χ3n) is 3.94. The predicted octanol–water partition coefficient (Wildman–Crippen LogP) is 2.00. The monoisotopic (exact) mass is 408 g/mol. The van der Waals surface area contributed by atoms with Crippen molar-refractivity contribution in [3.63, 3.8) is 0 Å². The highest BCUT2D eigenvalue weighted by atomic mass is 35.5. The lowest BCUT2D eigenvalue weighted by Crippen LogP contribution is -2.27. The normalized spacial score (nSPS) is 21.7. The quantitative estimate of drug-likeness (QED) is 0.573. The Morgan fingerprint density at radius 3 is 2.44 bits per heavy atom. The van der Waals surface area contributed by atoms with Gasteiger partial charge in [-0.2, -0.15) is 0 Å². The summed E-state index contributed by atoms with van der Waals surface area (Å²) in [5.74, 6) is -1.26. The number of carbonyl (C=O) groups is 2. The summed E-state index contributed by atoms with van der Waals surface area (Å²) in [6.45, 7) is 1.03. The van der Waals surface area contributed by atoms with Gasteiger partial charge in [0.15, 0.2) is 6.61 Å². The van der Waals surface area contributed by atoms with Crippen molar-refractivity contribution in [2.45, 2.75) is 22.6 Å². The van der Waals surface area contributed by atoms with Gasteiger partial charge in [-0.05, 0) is 25.1 Å². The number of carbonyl (C=O) groups excluding carboxylic acids is 2. The number of halogens is 2. The molecule has 25 heavy (non-hydrogen) atoms. The number of hydrogen-bond donors (Lipinski definition) is 1. The summed E-state index contributed by atoms with van der Waals surface area (Å²) in [7, 11) is -0.800. The van der Waals surface area contributed by atoms with Gasteiger partial charge in [0, 0.05) is 26.2 Å². The maximum Gasteiger partial charge on any atom is 0.315 e.